The summed E-state index contributed by atoms with van der Waals surface area (Å²) in [5, 5.41) is 0.754. The molecule has 0 aliphatic heterocycles. The van der Waals surface area contributed by atoms with Crippen LogP contribution in [0.4, 0.5) is 5.69 Å². The molecule has 5 rings (SSSR count). The average molecular weight is 532 g/mol. The second-order valence-electron chi connectivity index (χ2n) is 9.57. The number of pyridine rings is 1. The lowest BCUT2D eigenvalue weighted by molar-refractivity contribution is 0.0702. The van der Waals surface area contributed by atoms with Crippen LogP contribution in [-0.2, 0) is 0 Å². The highest BCUT2D eigenvalue weighted by molar-refractivity contribution is 7.21. The van der Waals surface area contributed by atoms with E-state index in [2.05, 4.69) is 0 Å². The SMILES string of the molecule is COc1cc(-c2cc(-c3ccccc3)nc3sc(C(=O)N(C)C4CCCCC4)c(N)c23)cc(OC)c1OC. The average Bonchev–Trinajstić information content (AvgIpc) is 3.31. The molecule has 2 N–H and O–H groups in total. The van der Waals surface area contributed by atoms with Crippen molar-refractivity contribution in [3.63, 3.8) is 0 Å². The van der Waals surface area contributed by atoms with Crippen LogP contribution in [0.25, 0.3) is 32.6 Å². The van der Waals surface area contributed by atoms with Crippen molar-refractivity contribution < 1.29 is 19.0 Å². The summed E-state index contributed by atoms with van der Waals surface area (Å²) in [6, 6.07) is 16.0. The smallest absolute Gasteiger partial charge is 0.266 e. The largest absolute Gasteiger partial charge is 0.493 e. The zero-order chi connectivity index (χ0) is 26.8. The molecule has 0 bridgehead atoms. The highest BCUT2D eigenvalue weighted by Gasteiger charge is 2.28. The molecule has 2 aromatic heterocycles. The number of fused-ring (bicyclic) bond motifs is 1. The molecule has 38 heavy (non-hydrogen) atoms. The number of aromatic nitrogens is 1. The molecule has 8 heteroatoms. The summed E-state index contributed by atoms with van der Waals surface area (Å²) in [5.74, 6) is 1.54. The van der Waals surface area contributed by atoms with Gasteiger partial charge in [-0.15, -0.1) is 11.3 Å². The number of nitrogens with zero attached hydrogens (tertiary/aromatic N) is 2. The molecule has 4 aromatic rings. The highest BCUT2D eigenvalue weighted by atomic mass is 32.1. The van der Waals surface area contributed by atoms with Crippen molar-refractivity contribution in [3.8, 4) is 39.6 Å². The predicted molar refractivity (Wildman–Crippen MR) is 154 cm³/mol. The van der Waals surface area contributed by atoms with Gasteiger partial charge in [-0.25, -0.2) is 4.98 Å². The zero-order valence-electron chi connectivity index (χ0n) is 22.2. The van der Waals surface area contributed by atoms with Gasteiger partial charge in [0.15, 0.2) is 11.5 Å². The fourth-order valence-electron chi connectivity index (χ4n) is 5.30. The van der Waals surface area contributed by atoms with Crippen molar-refractivity contribution in [3.05, 3.63) is 53.4 Å². The number of carbonyl (C=O) groups excluding carboxylic acids is 1. The third kappa shape index (κ3) is 4.65. The molecule has 198 valence electrons. The van der Waals surface area contributed by atoms with E-state index in [0.29, 0.717) is 32.6 Å². The number of nitrogen functional groups attached to an aromatic ring is 1. The predicted octanol–water partition coefficient (Wildman–Crippen LogP) is 6.64. The van der Waals surface area contributed by atoms with Gasteiger partial charge >= 0.3 is 0 Å². The molecule has 1 aliphatic carbocycles. The Hall–Kier alpha value is -3.78. The molecule has 0 atom stereocenters. The van der Waals surface area contributed by atoms with Crippen LogP contribution in [0.15, 0.2) is 48.5 Å². The van der Waals surface area contributed by atoms with Crippen molar-refractivity contribution in [1.82, 2.24) is 9.88 Å². The van der Waals surface area contributed by atoms with Gasteiger partial charge in [-0.3, -0.25) is 4.79 Å². The number of rotatable bonds is 7. The number of anilines is 1. The van der Waals surface area contributed by atoms with Crippen LogP contribution in [0.3, 0.4) is 0 Å². The Bertz CT molecular complexity index is 1440. The Balaban J connectivity index is 1.72. The normalized spacial score (nSPS) is 13.9. The van der Waals surface area contributed by atoms with E-state index in [0.717, 1.165) is 53.5 Å². The van der Waals surface area contributed by atoms with Gasteiger partial charge in [-0.2, -0.15) is 0 Å². The second kappa shape index (κ2) is 10.9. The van der Waals surface area contributed by atoms with Gasteiger partial charge in [-0.05, 0) is 42.2 Å². The van der Waals surface area contributed by atoms with E-state index in [1.807, 2.05) is 60.5 Å². The lowest BCUT2D eigenvalue weighted by Crippen LogP contribution is -2.38. The number of nitrogens with two attached hydrogens (primary N) is 1. The van der Waals surface area contributed by atoms with E-state index in [1.54, 1.807) is 21.3 Å². The van der Waals surface area contributed by atoms with E-state index < -0.39 is 0 Å². The number of thiophene rings is 1. The van der Waals surface area contributed by atoms with E-state index in [-0.39, 0.29) is 11.9 Å². The van der Waals surface area contributed by atoms with Crippen molar-refractivity contribution >= 4 is 33.1 Å². The van der Waals surface area contributed by atoms with Gasteiger partial charge in [0, 0.05) is 24.0 Å². The summed E-state index contributed by atoms with van der Waals surface area (Å²) in [7, 11) is 6.66. The molecule has 0 unspecified atom stereocenters. The van der Waals surface area contributed by atoms with Gasteiger partial charge in [0.25, 0.3) is 5.91 Å². The molecule has 0 radical (unpaired) electrons. The van der Waals surface area contributed by atoms with E-state index in [9.17, 15) is 4.79 Å². The first-order valence-corrected chi connectivity index (χ1v) is 13.6. The first-order valence-electron chi connectivity index (χ1n) is 12.8. The van der Waals surface area contributed by atoms with Crippen LogP contribution in [0.1, 0.15) is 41.8 Å². The van der Waals surface area contributed by atoms with Gasteiger partial charge in [0.05, 0.1) is 32.7 Å². The van der Waals surface area contributed by atoms with Crippen LogP contribution in [-0.4, -0.2) is 50.2 Å². The van der Waals surface area contributed by atoms with Gasteiger partial charge < -0.3 is 24.8 Å². The quantitative estimate of drug-likeness (QED) is 0.288. The fourth-order valence-corrected chi connectivity index (χ4v) is 6.40. The lowest BCUT2D eigenvalue weighted by atomic mass is 9.94. The Morgan fingerprint density at radius 2 is 1.61 bits per heavy atom. The standard InChI is InChI=1S/C30H33N3O4S/c1-33(20-13-9-6-10-14-20)30(34)28-26(31)25-21(19-15-23(35-2)27(37-4)24(16-19)36-3)17-22(32-29(25)38-28)18-11-7-5-8-12-18/h5,7-8,11-12,15-17,20H,6,9-10,13-14,31H2,1-4H3. The maximum absolute atomic E-state index is 13.7. The van der Waals surface area contributed by atoms with Crippen molar-refractivity contribution in [1.29, 1.82) is 0 Å². The van der Waals surface area contributed by atoms with Crippen molar-refractivity contribution in [2.45, 2.75) is 38.1 Å². The molecular formula is C30H33N3O4S. The molecule has 1 aliphatic rings. The van der Waals surface area contributed by atoms with Crippen LogP contribution >= 0.6 is 11.3 Å². The van der Waals surface area contributed by atoms with E-state index in [4.69, 9.17) is 24.9 Å². The molecule has 0 saturated heterocycles. The number of hydrogen-bond donors (Lipinski definition) is 1. The number of carbonyl (C=O) groups is 1. The topological polar surface area (TPSA) is 86.9 Å². The van der Waals surface area contributed by atoms with Crippen LogP contribution < -0.4 is 19.9 Å². The molecule has 7 nitrogen and oxygen atoms in total. The summed E-state index contributed by atoms with van der Waals surface area (Å²) in [4.78, 5) is 21.8. The summed E-state index contributed by atoms with van der Waals surface area (Å²) in [5.41, 5.74) is 10.7. The summed E-state index contributed by atoms with van der Waals surface area (Å²) < 4.78 is 16.8. The Labute approximate surface area is 227 Å². The minimum Gasteiger partial charge on any atom is -0.493 e. The third-order valence-corrected chi connectivity index (χ3v) is 8.47. The highest BCUT2D eigenvalue weighted by Crippen LogP contribution is 2.46. The van der Waals surface area contributed by atoms with Crippen molar-refractivity contribution in [2.75, 3.05) is 34.1 Å². The molecular weight excluding hydrogens is 498 g/mol. The fraction of sp³-hybridized carbons (Fsp3) is 0.333. The van der Waals surface area contributed by atoms with Gasteiger partial charge in [0.2, 0.25) is 5.75 Å². The molecule has 1 fully saturated rings. The Morgan fingerprint density at radius 3 is 2.21 bits per heavy atom. The van der Waals surface area contributed by atoms with Crippen molar-refractivity contribution in [2.24, 2.45) is 0 Å². The number of methoxy groups -OCH3 is 3. The summed E-state index contributed by atoms with van der Waals surface area (Å²) in [6.45, 7) is 0. The van der Waals surface area contributed by atoms with Crippen LogP contribution in [0, 0.1) is 0 Å². The van der Waals surface area contributed by atoms with Gasteiger partial charge in [-0.1, -0.05) is 49.6 Å². The third-order valence-electron chi connectivity index (χ3n) is 7.38. The number of hydrogen-bond acceptors (Lipinski definition) is 7. The zero-order valence-corrected chi connectivity index (χ0v) is 23.1. The Kier molecular flexibility index (Phi) is 7.42. The molecule has 1 saturated carbocycles. The molecule has 0 spiro atoms. The second-order valence-corrected chi connectivity index (χ2v) is 10.6. The maximum Gasteiger partial charge on any atom is 0.266 e. The number of amides is 1. The van der Waals surface area contributed by atoms with E-state index >= 15 is 0 Å². The minimum atomic E-state index is -0.0468. The molecule has 2 heterocycles. The first-order chi connectivity index (χ1) is 18.5. The summed E-state index contributed by atoms with van der Waals surface area (Å²) in [6.07, 6.45) is 5.59. The number of benzene rings is 2. The molecule has 1 amide bonds. The number of ether oxygens (including phenoxy) is 3. The monoisotopic (exact) mass is 531 g/mol. The lowest BCUT2D eigenvalue weighted by Gasteiger charge is -2.31. The minimum absolute atomic E-state index is 0.0468. The molecule has 2 aromatic carbocycles. The summed E-state index contributed by atoms with van der Waals surface area (Å²) >= 11 is 1.36. The maximum atomic E-state index is 13.7. The first kappa shape index (κ1) is 25.9. The Morgan fingerprint density at radius 1 is 0.947 bits per heavy atom. The van der Waals surface area contributed by atoms with Gasteiger partial charge in [0.1, 0.15) is 9.71 Å². The van der Waals surface area contributed by atoms with Crippen LogP contribution in [0.2, 0.25) is 0 Å². The van der Waals surface area contributed by atoms with Crippen LogP contribution in [0.5, 0.6) is 17.2 Å². The van der Waals surface area contributed by atoms with E-state index in [1.165, 1.54) is 17.8 Å².